The van der Waals surface area contributed by atoms with Crippen molar-refractivity contribution in [3.05, 3.63) is 57.9 Å². The van der Waals surface area contributed by atoms with Gasteiger partial charge >= 0.3 is 0 Å². The summed E-state index contributed by atoms with van der Waals surface area (Å²) in [5.74, 6) is 1.78. The molecule has 0 bridgehead atoms. The molecule has 1 aliphatic rings. The van der Waals surface area contributed by atoms with Crippen molar-refractivity contribution in [2.24, 2.45) is 0 Å². The van der Waals surface area contributed by atoms with E-state index < -0.39 is 0 Å². The predicted molar refractivity (Wildman–Crippen MR) is 116 cm³/mol. The first-order valence-electron chi connectivity index (χ1n) is 10.3. The molecule has 2 heterocycles. The van der Waals surface area contributed by atoms with Crippen molar-refractivity contribution in [1.82, 2.24) is 4.90 Å². The van der Waals surface area contributed by atoms with Crippen LogP contribution in [0.15, 0.2) is 45.6 Å². The number of hydrogen-bond donors (Lipinski definition) is 1. The number of piperidine rings is 1. The number of nitrogens with zero attached hydrogens (tertiary/aromatic N) is 1. The molecule has 3 aromatic rings. The second-order valence-corrected chi connectivity index (χ2v) is 7.85. The van der Waals surface area contributed by atoms with E-state index in [4.69, 9.17) is 13.9 Å². The number of aryl methyl sites for hydroxylation is 1. The number of methoxy groups -OCH3 is 1. The smallest absolute Gasteiger partial charge is 0.235 e. The summed E-state index contributed by atoms with van der Waals surface area (Å²) < 4.78 is 17.1. The average molecular weight is 409 g/mol. The molecule has 6 heteroatoms. The molecule has 2 aromatic carbocycles. The molecule has 158 valence electrons. The Balaban J connectivity index is 1.75. The Bertz CT molecular complexity index is 1120. The van der Waals surface area contributed by atoms with Crippen LogP contribution in [0.3, 0.4) is 0 Å². The van der Waals surface area contributed by atoms with Gasteiger partial charge < -0.3 is 19.0 Å². The highest BCUT2D eigenvalue weighted by molar-refractivity contribution is 5.83. The Morgan fingerprint density at radius 1 is 1.20 bits per heavy atom. The van der Waals surface area contributed by atoms with Crippen molar-refractivity contribution >= 4 is 11.0 Å². The Labute approximate surface area is 175 Å². The fourth-order valence-electron chi connectivity index (χ4n) is 4.04. The fraction of sp³-hybridized carbons (Fsp3) is 0.375. The maximum atomic E-state index is 13.2. The molecule has 30 heavy (non-hydrogen) atoms. The van der Waals surface area contributed by atoms with E-state index in [2.05, 4.69) is 11.8 Å². The minimum atomic E-state index is -0.260. The number of hydrogen-bond acceptors (Lipinski definition) is 6. The molecule has 0 aliphatic carbocycles. The SMILES string of the molecule is COc1cccc(Oc2c(C)oc3c(CN4CCCC[C@H]4C)c(O)ccc3c2=O)c1. The lowest BCUT2D eigenvalue weighted by molar-refractivity contribution is 0.151. The number of benzene rings is 2. The number of likely N-dealkylation sites (tertiary alicyclic amines) is 1. The zero-order chi connectivity index (χ0) is 21.3. The van der Waals surface area contributed by atoms with Crippen molar-refractivity contribution in [1.29, 1.82) is 0 Å². The maximum absolute atomic E-state index is 13.2. The van der Waals surface area contributed by atoms with Gasteiger partial charge in [-0.3, -0.25) is 9.69 Å². The Kier molecular flexibility index (Phi) is 5.68. The zero-order valence-corrected chi connectivity index (χ0v) is 17.6. The van der Waals surface area contributed by atoms with Gasteiger partial charge in [0.25, 0.3) is 0 Å². The van der Waals surface area contributed by atoms with Crippen molar-refractivity contribution in [3.63, 3.8) is 0 Å². The summed E-state index contributed by atoms with van der Waals surface area (Å²) in [6.45, 7) is 5.41. The van der Waals surface area contributed by atoms with Gasteiger partial charge in [0.15, 0.2) is 0 Å². The topological polar surface area (TPSA) is 72.1 Å². The Morgan fingerprint density at radius 3 is 2.77 bits per heavy atom. The molecule has 4 rings (SSSR count). The third-order valence-electron chi connectivity index (χ3n) is 5.82. The standard InChI is InChI=1S/C24H27NO5/c1-15-7-4-5-12-25(15)14-20-21(26)11-10-19-22(27)23(16(2)29-24(19)20)30-18-9-6-8-17(13-18)28-3/h6,8-11,13,15,26H,4-5,7,12,14H2,1-3H3/t15-/m1/s1. The van der Waals surface area contributed by atoms with Crippen molar-refractivity contribution in [2.45, 2.75) is 45.7 Å². The van der Waals surface area contributed by atoms with Gasteiger partial charge in [0.2, 0.25) is 11.2 Å². The number of aromatic hydroxyl groups is 1. The van der Waals surface area contributed by atoms with E-state index in [0.29, 0.717) is 46.4 Å². The van der Waals surface area contributed by atoms with Gasteiger partial charge in [-0.1, -0.05) is 12.5 Å². The summed E-state index contributed by atoms with van der Waals surface area (Å²) in [4.78, 5) is 15.5. The van der Waals surface area contributed by atoms with Crippen LogP contribution in [-0.2, 0) is 6.54 Å². The molecule has 0 unspecified atom stereocenters. The van der Waals surface area contributed by atoms with Crippen molar-refractivity contribution in [3.8, 4) is 23.0 Å². The summed E-state index contributed by atoms with van der Waals surface area (Å²) in [5.41, 5.74) is 0.812. The van der Waals surface area contributed by atoms with Crippen LogP contribution in [0.1, 0.15) is 37.5 Å². The van der Waals surface area contributed by atoms with Crippen LogP contribution in [0.5, 0.6) is 23.0 Å². The third kappa shape index (κ3) is 3.87. The lowest BCUT2D eigenvalue weighted by Crippen LogP contribution is -2.36. The first-order valence-corrected chi connectivity index (χ1v) is 10.3. The monoisotopic (exact) mass is 409 g/mol. The van der Waals surface area contributed by atoms with Gasteiger partial charge in [-0.05, 0) is 57.5 Å². The van der Waals surface area contributed by atoms with E-state index in [-0.39, 0.29) is 16.9 Å². The Hall–Kier alpha value is -2.99. The van der Waals surface area contributed by atoms with Crippen molar-refractivity contribution in [2.75, 3.05) is 13.7 Å². The quantitative estimate of drug-likeness (QED) is 0.641. The number of fused-ring (bicyclic) bond motifs is 1. The van der Waals surface area contributed by atoms with Gasteiger partial charge in [0, 0.05) is 18.7 Å². The van der Waals surface area contributed by atoms with E-state index >= 15 is 0 Å². The highest BCUT2D eigenvalue weighted by atomic mass is 16.5. The largest absolute Gasteiger partial charge is 0.507 e. The van der Waals surface area contributed by atoms with Crippen LogP contribution >= 0.6 is 0 Å². The molecular formula is C24H27NO5. The molecule has 0 radical (unpaired) electrons. The number of phenolic OH excluding ortho intramolecular Hbond substituents is 1. The normalized spacial score (nSPS) is 17.2. The van der Waals surface area contributed by atoms with Gasteiger partial charge in [0.05, 0.1) is 18.1 Å². The van der Waals surface area contributed by atoms with Gasteiger partial charge in [-0.2, -0.15) is 0 Å². The summed E-state index contributed by atoms with van der Waals surface area (Å²) in [6.07, 6.45) is 3.49. The molecule has 1 aliphatic heterocycles. The summed E-state index contributed by atoms with van der Waals surface area (Å²) in [5, 5.41) is 10.9. The first kappa shape index (κ1) is 20.3. The van der Waals surface area contributed by atoms with E-state index in [1.807, 2.05) is 0 Å². The lowest BCUT2D eigenvalue weighted by atomic mass is 10.0. The summed E-state index contributed by atoms with van der Waals surface area (Å²) in [6, 6.07) is 10.7. The second-order valence-electron chi connectivity index (χ2n) is 7.85. The van der Waals surface area contributed by atoms with Gasteiger partial charge in [-0.25, -0.2) is 0 Å². The van der Waals surface area contributed by atoms with Gasteiger partial charge in [-0.15, -0.1) is 0 Å². The fourth-order valence-corrected chi connectivity index (χ4v) is 4.04. The van der Waals surface area contributed by atoms with Crippen LogP contribution in [0.2, 0.25) is 0 Å². The number of phenols is 1. The molecule has 0 spiro atoms. The van der Waals surface area contributed by atoms with E-state index in [1.165, 1.54) is 6.42 Å². The second kappa shape index (κ2) is 8.40. The van der Waals surface area contributed by atoms with Crippen LogP contribution < -0.4 is 14.9 Å². The summed E-state index contributed by atoms with van der Waals surface area (Å²) in [7, 11) is 1.58. The molecular weight excluding hydrogens is 382 g/mol. The van der Waals surface area contributed by atoms with Crippen LogP contribution in [-0.4, -0.2) is 29.7 Å². The minimum Gasteiger partial charge on any atom is -0.507 e. The molecule has 0 saturated carbocycles. The van der Waals surface area contributed by atoms with E-state index in [0.717, 1.165) is 19.4 Å². The molecule has 6 nitrogen and oxygen atoms in total. The molecule has 1 atom stereocenters. The number of ether oxygens (including phenoxy) is 2. The molecule has 1 N–H and O–H groups in total. The highest BCUT2D eigenvalue weighted by Gasteiger charge is 2.23. The molecule has 1 fully saturated rings. The number of rotatable bonds is 5. The van der Waals surface area contributed by atoms with Crippen molar-refractivity contribution < 1.29 is 19.0 Å². The Morgan fingerprint density at radius 2 is 2.00 bits per heavy atom. The lowest BCUT2D eigenvalue weighted by Gasteiger charge is -2.33. The van der Waals surface area contributed by atoms with Crippen LogP contribution in [0.25, 0.3) is 11.0 Å². The van der Waals surface area contributed by atoms with Gasteiger partial charge in [0.1, 0.15) is 28.6 Å². The average Bonchev–Trinajstić information content (AvgIpc) is 2.74. The van der Waals surface area contributed by atoms with E-state index in [9.17, 15) is 9.90 Å². The first-order chi connectivity index (χ1) is 14.5. The predicted octanol–water partition coefficient (Wildman–Crippen LogP) is 4.98. The summed E-state index contributed by atoms with van der Waals surface area (Å²) >= 11 is 0. The van der Waals surface area contributed by atoms with Crippen LogP contribution in [0.4, 0.5) is 0 Å². The highest BCUT2D eigenvalue weighted by Crippen LogP contribution is 2.33. The molecule has 1 saturated heterocycles. The minimum absolute atomic E-state index is 0.138. The molecule has 1 aromatic heterocycles. The molecule has 0 amide bonds. The maximum Gasteiger partial charge on any atom is 0.235 e. The van der Waals surface area contributed by atoms with E-state index in [1.54, 1.807) is 50.4 Å². The zero-order valence-electron chi connectivity index (χ0n) is 17.6. The third-order valence-corrected chi connectivity index (χ3v) is 5.82. The van der Waals surface area contributed by atoms with Crippen LogP contribution in [0, 0.1) is 6.92 Å².